The smallest absolute Gasteiger partial charge is 0.300 e. The van der Waals surface area contributed by atoms with Gasteiger partial charge in [-0.25, -0.2) is 0 Å². The fourth-order valence-electron chi connectivity index (χ4n) is 3.52. The molecule has 0 saturated heterocycles. The number of benzene rings is 1. The molecule has 9 nitrogen and oxygen atoms in total. The van der Waals surface area contributed by atoms with Crippen molar-refractivity contribution >= 4 is 28.7 Å². The van der Waals surface area contributed by atoms with Gasteiger partial charge in [0, 0.05) is 45.4 Å². The minimum Gasteiger partial charge on any atom is -0.481 e. The number of carbonyl (C=O) groups is 3. The van der Waals surface area contributed by atoms with Crippen LogP contribution in [0.2, 0.25) is 0 Å². The minimum absolute atomic E-state index is 0.0168. The molecule has 1 aromatic carbocycles. The van der Waals surface area contributed by atoms with Crippen LogP contribution in [0.25, 0.3) is 10.9 Å². The molecule has 2 aromatic rings. The van der Waals surface area contributed by atoms with E-state index in [0.717, 1.165) is 43.3 Å². The first-order valence-electron chi connectivity index (χ1n) is 10.3. The average molecular weight is 448 g/mol. The average Bonchev–Trinajstić information content (AvgIpc) is 2.72. The van der Waals surface area contributed by atoms with Crippen LogP contribution in [0.3, 0.4) is 0 Å². The van der Waals surface area contributed by atoms with Gasteiger partial charge in [0.05, 0.1) is 23.9 Å². The molecule has 1 heterocycles. The Balaban J connectivity index is 0.000000554. The summed E-state index contributed by atoms with van der Waals surface area (Å²) >= 11 is 0. The van der Waals surface area contributed by atoms with Crippen LogP contribution in [0, 0.1) is 5.92 Å². The van der Waals surface area contributed by atoms with Crippen LogP contribution >= 0.6 is 0 Å². The second-order valence-electron chi connectivity index (χ2n) is 7.68. The van der Waals surface area contributed by atoms with E-state index in [-0.39, 0.29) is 24.0 Å². The summed E-state index contributed by atoms with van der Waals surface area (Å²) in [5.41, 5.74) is 7.98. The monoisotopic (exact) mass is 447 g/mol. The Bertz CT molecular complexity index is 884. The van der Waals surface area contributed by atoms with Gasteiger partial charge in [-0.3, -0.25) is 19.4 Å². The number of hydrogen-bond acceptors (Lipinski definition) is 6. The summed E-state index contributed by atoms with van der Waals surface area (Å²) in [6.45, 7) is 2.68. The van der Waals surface area contributed by atoms with Crippen molar-refractivity contribution < 1.29 is 29.3 Å². The third-order valence-electron chi connectivity index (χ3n) is 4.92. The highest BCUT2D eigenvalue weighted by atomic mass is 16.5. The highest BCUT2D eigenvalue weighted by Crippen LogP contribution is 2.27. The Morgan fingerprint density at radius 3 is 2.25 bits per heavy atom. The molecule has 0 unspecified atom stereocenters. The number of rotatable bonds is 4. The van der Waals surface area contributed by atoms with Crippen molar-refractivity contribution in [2.45, 2.75) is 51.8 Å². The van der Waals surface area contributed by atoms with Crippen LogP contribution in [-0.4, -0.2) is 64.2 Å². The van der Waals surface area contributed by atoms with E-state index in [2.05, 4.69) is 11.1 Å². The van der Waals surface area contributed by atoms with Crippen LogP contribution in [0.4, 0.5) is 0 Å². The third kappa shape index (κ3) is 9.40. The predicted octanol–water partition coefficient (Wildman–Crippen LogP) is 2.52. The number of aliphatic carboxylic acids is 2. The van der Waals surface area contributed by atoms with E-state index >= 15 is 0 Å². The Labute approximate surface area is 188 Å². The number of aromatic nitrogens is 1. The first kappa shape index (κ1) is 27.0. The molecule has 1 saturated carbocycles. The number of amides is 1. The number of pyridine rings is 1. The maximum absolute atomic E-state index is 12.7. The lowest BCUT2D eigenvalue weighted by Crippen LogP contribution is -2.45. The summed E-state index contributed by atoms with van der Waals surface area (Å²) in [4.78, 5) is 37.1. The van der Waals surface area contributed by atoms with Gasteiger partial charge in [0.15, 0.2) is 0 Å². The molecule has 32 heavy (non-hydrogen) atoms. The molecule has 1 aliphatic rings. The molecule has 0 bridgehead atoms. The van der Waals surface area contributed by atoms with E-state index < -0.39 is 11.9 Å². The van der Waals surface area contributed by atoms with Crippen molar-refractivity contribution in [2.24, 2.45) is 11.7 Å². The number of hydrogen-bond donors (Lipinski definition) is 3. The van der Waals surface area contributed by atoms with Crippen LogP contribution in [0.15, 0.2) is 36.4 Å². The van der Waals surface area contributed by atoms with Gasteiger partial charge in [0.2, 0.25) is 5.91 Å². The Hall–Kier alpha value is -3.04. The molecular formula is C23H33N3O6. The lowest BCUT2D eigenvalue weighted by Gasteiger charge is -2.34. The molecule has 0 radical (unpaired) electrons. The highest BCUT2D eigenvalue weighted by Gasteiger charge is 2.33. The van der Waals surface area contributed by atoms with Gasteiger partial charge in [-0.05, 0) is 31.4 Å². The van der Waals surface area contributed by atoms with Gasteiger partial charge in [-0.1, -0.05) is 24.3 Å². The number of ether oxygens (including phenoxy) is 1. The van der Waals surface area contributed by atoms with E-state index in [1.807, 2.05) is 37.4 Å². The molecule has 9 heteroatoms. The number of nitrogens with two attached hydrogens (primary N) is 1. The number of nitrogens with zero attached hydrogens (tertiary/aromatic N) is 2. The first-order chi connectivity index (χ1) is 15.0. The van der Waals surface area contributed by atoms with Gasteiger partial charge in [0.25, 0.3) is 11.9 Å². The van der Waals surface area contributed by atoms with Gasteiger partial charge < -0.3 is 25.6 Å². The lowest BCUT2D eigenvalue weighted by molar-refractivity contribution is -0.137. The molecule has 0 spiro atoms. The SMILES string of the molecule is CC(=O)O.CC(=O)O.CO[C@@H]1CC[C@H](C(=O)N(C)Cc2ccc3ccccc3n2)C[C@H]1N. The molecule has 1 fully saturated rings. The Morgan fingerprint density at radius 1 is 1.09 bits per heavy atom. The maximum Gasteiger partial charge on any atom is 0.300 e. The lowest BCUT2D eigenvalue weighted by atomic mass is 9.83. The van der Waals surface area contributed by atoms with Crippen molar-refractivity contribution in [1.82, 2.24) is 9.88 Å². The molecular weight excluding hydrogens is 414 g/mol. The minimum atomic E-state index is -0.833. The zero-order valence-corrected chi connectivity index (χ0v) is 19.0. The molecule has 0 aliphatic heterocycles. The van der Waals surface area contributed by atoms with Gasteiger partial charge in [-0.2, -0.15) is 0 Å². The highest BCUT2D eigenvalue weighted by molar-refractivity contribution is 5.80. The van der Waals surface area contributed by atoms with Crippen molar-refractivity contribution in [2.75, 3.05) is 14.2 Å². The largest absolute Gasteiger partial charge is 0.481 e. The fraction of sp³-hybridized carbons (Fsp3) is 0.478. The first-order valence-corrected chi connectivity index (χ1v) is 10.3. The normalized spacial score (nSPS) is 19.6. The van der Waals surface area contributed by atoms with Crippen molar-refractivity contribution in [3.8, 4) is 0 Å². The summed E-state index contributed by atoms with van der Waals surface area (Å²) in [6.07, 6.45) is 2.44. The molecule has 3 atom stereocenters. The second kappa shape index (κ2) is 13.4. The quantitative estimate of drug-likeness (QED) is 0.649. The Morgan fingerprint density at radius 2 is 1.69 bits per heavy atom. The number of carboxylic acid groups (broad SMARTS) is 2. The topological polar surface area (TPSA) is 143 Å². The number of methoxy groups -OCH3 is 1. The summed E-state index contributed by atoms with van der Waals surface area (Å²) < 4.78 is 5.37. The van der Waals surface area contributed by atoms with Gasteiger partial charge >= 0.3 is 0 Å². The van der Waals surface area contributed by atoms with Crippen molar-refractivity contribution in [1.29, 1.82) is 0 Å². The summed E-state index contributed by atoms with van der Waals surface area (Å²) in [6, 6.07) is 12.0. The summed E-state index contributed by atoms with van der Waals surface area (Å²) in [5, 5.41) is 15.9. The molecule has 176 valence electrons. The van der Waals surface area contributed by atoms with Gasteiger partial charge in [0.1, 0.15) is 0 Å². The van der Waals surface area contributed by atoms with E-state index in [1.165, 1.54) is 0 Å². The van der Waals surface area contributed by atoms with E-state index in [1.54, 1.807) is 12.0 Å². The number of fused-ring (bicyclic) bond motifs is 1. The van der Waals surface area contributed by atoms with Crippen LogP contribution < -0.4 is 5.73 Å². The second-order valence-corrected chi connectivity index (χ2v) is 7.68. The molecule has 1 aliphatic carbocycles. The number of carbonyl (C=O) groups excluding carboxylic acids is 1. The number of carboxylic acids is 2. The van der Waals surface area contributed by atoms with E-state index in [9.17, 15) is 4.79 Å². The fourth-order valence-corrected chi connectivity index (χ4v) is 3.52. The molecule has 1 aromatic heterocycles. The van der Waals surface area contributed by atoms with E-state index in [0.29, 0.717) is 13.0 Å². The predicted molar refractivity (Wildman–Crippen MR) is 121 cm³/mol. The van der Waals surface area contributed by atoms with Gasteiger partial charge in [-0.15, -0.1) is 0 Å². The van der Waals surface area contributed by atoms with Crippen molar-refractivity contribution in [3.63, 3.8) is 0 Å². The van der Waals surface area contributed by atoms with E-state index in [4.69, 9.17) is 30.3 Å². The Kier molecular flexibility index (Phi) is 11.3. The van der Waals surface area contributed by atoms with Crippen LogP contribution in [0.1, 0.15) is 38.8 Å². The zero-order valence-electron chi connectivity index (χ0n) is 19.0. The molecule has 4 N–H and O–H groups in total. The molecule has 1 amide bonds. The number of para-hydroxylation sites is 1. The maximum atomic E-state index is 12.7. The third-order valence-corrected chi connectivity index (χ3v) is 4.92. The van der Waals surface area contributed by atoms with Crippen LogP contribution in [0.5, 0.6) is 0 Å². The van der Waals surface area contributed by atoms with Crippen molar-refractivity contribution in [3.05, 3.63) is 42.1 Å². The molecule has 3 rings (SSSR count). The summed E-state index contributed by atoms with van der Waals surface area (Å²) in [7, 11) is 3.53. The zero-order chi connectivity index (χ0) is 24.3. The van der Waals surface area contributed by atoms with Crippen LogP contribution in [-0.2, 0) is 25.7 Å². The summed E-state index contributed by atoms with van der Waals surface area (Å²) in [5.74, 6) is -1.54. The standard InChI is InChI=1S/C19H25N3O2.2C2H4O2/c1-22(19(23)14-8-10-18(24-2)16(20)11-14)12-15-9-7-13-5-3-4-6-17(13)21-15;2*1-2(3)4/h3-7,9,14,16,18H,8,10-12,20H2,1-2H3;2*1H3,(H,3,4)/t14-,16+,18+;;/m0../s1.